The van der Waals surface area contributed by atoms with Crippen LogP contribution in [0.2, 0.25) is 5.02 Å². The Morgan fingerprint density at radius 3 is 2.67 bits per heavy atom. The highest BCUT2D eigenvalue weighted by Crippen LogP contribution is 2.19. The van der Waals surface area contributed by atoms with Crippen LogP contribution in [0.4, 0.5) is 10.1 Å². The molecule has 0 unspecified atom stereocenters. The van der Waals surface area contributed by atoms with Crippen molar-refractivity contribution in [2.75, 3.05) is 5.32 Å². The van der Waals surface area contributed by atoms with Gasteiger partial charge in [-0.2, -0.15) is 0 Å². The minimum absolute atomic E-state index is 0.0748. The molecule has 0 fully saturated rings. The number of aromatic amines is 1. The summed E-state index contributed by atoms with van der Waals surface area (Å²) in [6.45, 7) is 0. The second-order valence-electron chi connectivity index (χ2n) is 3.52. The van der Waals surface area contributed by atoms with Gasteiger partial charge in [0.2, 0.25) is 5.56 Å². The maximum Gasteiger partial charge on any atom is 0.257 e. The van der Waals surface area contributed by atoms with E-state index in [0.717, 1.165) is 6.07 Å². The lowest BCUT2D eigenvalue weighted by Gasteiger charge is -2.05. The van der Waals surface area contributed by atoms with Gasteiger partial charge >= 0.3 is 0 Å². The molecule has 0 radical (unpaired) electrons. The third kappa shape index (κ3) is 2.75. The number of hydrogen-bond donors (Lipinski definition) is 2. The summed E-state index contributed by atoms with van der Waals surface area (Å²) in [5.74, 6) is -0.979. The first-order chi connectivity index (χ1) is 8.56. The largest absolute Gasteiger partial charge is 0.328 e. The van der Waals surface area contributed by atoms with Crippen LogP contribution in [0.5, 0.6) is 0 Å². The Morgan fingerprint density at radius 2 is 2.06 bits per heavy atom. The molecule has 0 aliphatic rings. The zero-order chi connectivity index (χ0) is 13.1. The summed E-state index contributed by atoms with van der Waals surface area (Å²) in [5.41, 5.74) is 0.365. The highest BCUT2D eigenvalue weighted by Gasteiger charge is 2.07. The lowest BCUT2D eigenvalue weighted by molar-refractivity contribution is 0.102. The van der Waals surface area contributed by atoms with Gasteiger partial charge in [0.05, 0.1) is 10.6 Å². The van der Waals surface area contributed by atoms with Crippen LogP contribution in [0.25, 0.3) is 0 Å². The average molecular weight is 267 g/mol. The number of nitrogens with one attached hydrogen (secondary N) is 2. The molecular formula is C12H8ClFN2O2. The zero-order valence-electron chi connectivity index (χ0n) is 9.04. The number of benzene rings is 1. The number of rotatable bonds is 2. The quantitative estimate of drug-likeness (QED) is 0.877. The van der Waals surface area contributed by atoms with E-state index in [4.69, 9.17) is 11.6 Å². The van der Waals surface area contributed by atoms with Crippen LogP contribution in [0.15, 0.2) is 41.3 Å². The van der Waals surface area contributed by atoms with Gasteiger partial charge < -0.3 is 10.3 Å². The van der Waals surface area contributed by atoms with E-state index in [1.165, 1.54) is 30.5 Å². The Hall–Kier alpha value is -2.14. The van der Waals surface area contributed by atoms with Crippen molar-refractivity contribution in [3.63, 3.8) is 0 Å². The fraction of sp³-hybridized carbons (Fsp3) is 0. The lowest BCUT2D eigenvalue weighted by atomic mass is 10.2. The average Bonchev–Trinajstić information content (AvgIpc) is 2.34. The predicted octanol–water partition coefficient (Wildman–Crippen LogP) is 2.42. The standard InChI is InChI=1S/C12H8ClFN2O2/c13-9-5-8(2-3-10(9)14)16-12(18)7-1-4-11(17)15-6-7/h1-6H,(H,15,17)(H,16,18). The Balaban J connectivity index is 2.18. The summed E-state index contributed by atoms with van der Waals surface area (Å²) in [7, 11) is 0. The van der Waals surface area contributed by atoms with Gasteiger partial charge in [0.25, 0.3) is 5.91 Å². The second kappa shape index (κ2) is 5.01. The number of pyridine rings is 1. The third-order valence-electron chi connectivity index (χ3n) is 2.22. The number of amides is 1. The molecule has 2 rings (SSSR count). The van der Waals surface area contributed by atoms with Crippen molar-refractivity contribution in [1.82, 2.24) is 4.98 Å². The van der Waals surface area contributed by atoms with E-state index in [-0.39, 0.29) is 16.1 Å². The van der Waals surface area contributed by atoms with Crippen molar-refractivity contribution >= 4 is 23.2 Å². The van der Waals surface area contributed by atoms with E-state index in [2.05, 4.69) is 10.3 Å². The summed E-state index contributed by atoms with van der Waals surface area (Å²) >= 11 is 5.59. The summed E-state index contributed by atoms with van der Waals surface area (Å²) in [6.07, 6.45) is 1.29. The molecule has 1 heterocycles. The van der Waals surface area contributed by atoms with Gasteiger partial charge in [0.15, 0.2) is 0 Å². The molecule has 2 aromatic rings. The number of H-pyrrole nitrogens is 1. The molecule has 2 N–H and O–H groups in total. The molecule has 1 aromatic heterocycles. The first kappa shape index (κ1) is 12.3. The van der Waals surface area contributed by atoms with E-state index in [9.17, 15) is 14.0 Å². The van der Waals surface area contributed by atoms with Crippen molar-refractivity contribution in [2.45, 2.75) is 0 Å². The van der Waals surface area contributed by atoms with E-state index < -0.39 is 11.7 Å². The number of hydrogen-bond acceptors (Lipinski definition) is 2. The van der Waals surface area contributed by atoms with E-state index in [1.54, 1.807) is 0 Å². The molecule has 0 bridgehead atoms. The maximum atomic E-state index is 12.9. The maximum absolute atomic E-state index is 12.9. The van der Waals surface area contributed by atoms with Gasteiger partial charge in [-0.25, -0.2) is 4.39 Å². The molecule has 18 heavy (non-hydrogen) atoms. The first-order valence-corrected chi connectivity index (χ1v) is 5.39. The van der Waals surface area contributed by atoms with E-state index >= 15 is 0 Å². The minimum atomic E-state index is -0.557. The Labute approximate surface area is 106 Å². The van der Waals surface area contributed by atoms with Gasteiger partial charge in [-0.05, 0) is 24.3 Å². The van der Waals surface area contributed by atoms with Gasteiger partial charge in [0.1, 0.15) is 5.82 Å². The normalized spacial score (nSPS) is 10.1. The molecule has 0 spiro atoms. The van der Waals surface area contributed by atoms with Gasteiger partial charge in [0, 0.05) is 18.0 Å². The predicted molar refractivity (Wildman–Crippen MR) is 66.4 cm³/mol. The van der Waals surface area contributed by atoms with Gasteiger partial charge in [-0.1, -0.05) is 11.6 Å². The molecule has 92 valence electrons. The molecule has 1 aromatic carbocycles. The number of aromatic nitrogens is 1. The summed E-state index contributed by atoms with van der Waals surface area (Å²) in [4.78, 5) is 25.0. The Kier molecular flexibility index (Phi) is 3.43. The molecule has 0 atom stereocenters. The van der Waals surface area contributed by atoms with Crippen molar-refractivity contribution in [2.24, 2.45) is 0 Å². The SMILES string of the molecule is O=C(Nc1ccc(F)c(Cl)c1)c1ccc(=O)[nH]c1. The first-order valence-electron chi connectivity index (χ1n) is 5.01. The monoisotopic (exact) mass is 266 g/mol. The van der Waals surface area contributed by atoms with E-state index in [0.29, 0.717) is 5.69 Å². The van der Waals surface area contributed by atoms with Crippen molar-refractivity contribution in [1.29, 1.82) is 0 Å². The molecule has 1 amide bonds. The molecule has 0 saturated heterocycles. The minimum Gasteiger partial charge on any atom is -0.328 e. The number of anilines is 1. The van der Waals surface area contributed by atoms with Crippen LogP contribution in [-0.4, -0.2) is 10.9 Å². The molecule has 0 aliphatic heterocycles. The fourth-order valence-electron chi connectivity index (χ4n) is 1.33. The van der Waals surface area contributed by atoms with Gasteiger partial charge in [-0.15, -0.1) is 0 Å². The number of halogens is 2. The van der Waals surface area contributed by atoms with Crippen molar-refractivity contribution in [3.05, 3.63) is 63.3 Å². The number of carbonyl (C=O) groups excluding carboxylic acids is 1. The summed E-state index contributed by atoms with van der Waals surface area (Å²) in [5, 5.41) is 2.46. The second-order valence-corrected chi connectivity index (χ2v) is 3.93. The molecule has 0 saturated carbocycles. The molecular weight excluding hydrogens is 259 g/mol. The van der Waals surface area contributed by atoms with Crippen molar-refractivity contribution < 1.29 is 9.18 Å². The van der Waals surface area contributed by atoms with Gasteiger partial charge in [-0.3, -0.25) is 9.59 Å². The molecule has 6 heteroatoms. The van der Waals surface area contributed by atoms with Crippen LogP contribution in [0.1, 0.15) is 10.4 Å². The molecule has 4 nitrogen and oxygen atoms in total. The summed E-state index contributed by atoms with van der Waals surface area (Å²) in [6, 6.07) is 6.49. The smallest absolute Gasteiger partial charge is 0.257 e. The van der Waals surface area contributed by atoms with Crippen LogP contribution in [-0.2, 0) is 0 Å². The van der Waals surface area contributed by atoms with Crippen LogP contribution in [0.3, 0.4) is 0 Å². The Morgan fingerprint density at radius 1 is 1.28 bits per heavy atom. The number of carbonyl (C=O) groups is 1. The summed E-state index contributed by atoms with van der Waals surface area (Å²) < 4.78 is 12.9. The zero-order valence-corrected chi connectivity index (χ0v) is 9.79. The topological polar surface area (TPSA) is 62.0 Å². The van der Waals surface area contributed by atoms with Crippen molar-refractivity contribution in [3.8, 4) is 0 Å². The van der Waals surface area contributed by atoms with Crippen LogP contribution >= 0.6 is 11.6 Å². The van der Waals surface area contributed by atoms with Crippen LogP contribution < -0.4 is 10.9 Å². The highest BCUT2D eigenvalue weighted by molar-refractivity contribution is 6.31. The Bertz CT molecular complexity index is 634. The lowest BCUT2D eigenvalue weighted by Crippen LogP contribution is -2.14. The molecule has 0 aliphatic carbocycles. The van der Waals surface area contributed by atoms with E-state index in [1.807, 2.05) is 0 Å². The third-order valence-corrected chi connectivity index (χ3v) is 2.51. The fourth-order valence-corrected chi connectivity index (χ4v) is 1.51. The highest BCUT2D eigenvalue weighted by atomic mass is 35.5. The van der Waals surface area contributed by atoms with Crippen LogP contribution in [0, 0.1) is 5.82 Å².